The van der Waals surface area contributed by atoms with E-state index in [0.29, 0.717) is 29.4 Å². The van der Waals surface area contributed by atoms with Crippen molar-refractivity contribution >= 4 is 17.3 Å². The van der Waals surface area contributed by atoms with Gasteiger partial charge in [-0.15, -0.1) is 0 Å². The number of nitro benzene ring substituents is 1. The lowest BCUT2D eigenvalue weighted by molar-refractivity contribution is -0.384. The minimum absolute atomic E-state index is 0.0469. The Kier molecular flexibility index (Phi) is 5.31. The fraction of sp³-hybridized carbons (Fsp3) is 0.0870. The second-order valence-electron chi connectivity index (χ2n) is 6.52. The predicted molar refractivity (Wildman–Crippen MR) is 110 cm³/mol. The van der Waals surface area contributed by atoms with Gasteiger partial charge in [-0.05, 0) is 65.2 Å². The third-order valence-electron chi connectivity index (χ3n) is 4.55. The van der Waals surface area contributed by atoms with Crippen molar-refractivity contribution < 1.29 is 19.1 Å². The van der Waals surface area contributed by atoms with E-state index in [1.165, 1.54) is 12.1 Å². The first-order valence-corrected chi connectivity index (χ1v) is 9.10. The number of nitrogens with zero attached hydrogens (tertiary/aromatic N) is 2. The van der Waals surface area contributed by atoms with Gasteiger partial charge in [0.15, 0.2) is 11.5 Å². The molecular weight excluding hydrogens is 384 g/mol. The number of ether oxygens (including phenoxy) is 3. The zero-order valence-electron chi connectivity index (χ0n) is 15.8. The molecule has 30 heavy (non-hydrogen) atoms. The summed E-state index contributed by atoms with van der Waals surface area (Å²) in [6, 6.07) is 21.2. The minimum Gasteiger partial charge on any atom is -0.489 e. The lowest BCUT2D eigenvalue weighted by atomic mass is 10.0. The molecule has 0 unspecified atom stereocenters. The maximum Gasteiger partial charge on any atom is 0.269 e. The van der Waals surface area contributed by atoms with Crippen molar-refractivity contribution in [3.8, 4) is 23.3 Å². The highest BCUT2D eigenvalue weighted by Gasteiger charge is 2.14. The molecule has 7 nitrogen and oxygen atoms in total. The van der Waals surface area contributed by atoms with Gasteiger partial charge in [0.25, 0.3) is 5.69 Å². The molecule has 0 fully saturated rings. The van der Waals surface area contributed by atoms with E-state index in [1.54, 1.807) is 30.3 Å². The summed E-state index contributed by atoms with van der Waals surface area (Å²) in [4.78, 5) is 10.3. The molecule has 0 spiro atoms. The molecule has 0 bridgehead atoms. The molecule has 0 aromatic heterocycles. The van der Waals surface area contributed by atoms with Gasteiger partial charge in [-0.1, -0.05) is 12.1 Å². The third-order valence-corrected chi connectivity index (χ3v) is 4.55. The molecule has 0 saturated heterocycles. The number of rotatable bonds is 6. The van der Waals surface area contributed by atoms with Crippen molar-refractivity contribution in [2.45, 2.75) is 6.61 Å². The summed E-state index contributed by atoms with van der Waals surface area (Å²) in [6.45, 7) is 0.486. The Hall–Kier alpha value is -4.31. The summed E-state index contributed by atoms with van der Waals surface area (Å²) in [5.74, 6) is 1.96. The van der Waals surface area contributed by atoms with Crippen molar-refractivity contribution in [2.75, 3.05) is 6.79 Å². The van der Waals surface area contributed by atoms with Gasteiger partial charge in [0.1, 0.15) is 12.4 Å². The van der Waals surface area contributed by atoms with Crippen LogP contribution in [0.15, 0.2) is 66.7 Å². The van der Waals surface area contributed by atoms with Crippen LogP contribution < -0.4 is 14.2 Å². The van der Waals surface area contributed by atoms with E-state index in [-0.39, 0.29) is 12.5 Å². The molecule has 7 heteroatoms. The van der Waals surface area contributed by atoms with E-state index in [4.69, 9.17) is 14.2 Å². The van der Waals surface area contributed by atoms with Gasteiger partial charge in [-0.25, -0.2) is 0 Å². The molecule has 0 radical (unpaired) electrons. The Morgan fingerprint density at radius 1 is 1.07 bits per heavy atom. The van der Waals surface area contributed by atoms with Crippen molar-refractivity contribution in [3.05, 3.63) is 93.5 Å². The van der Waals surface area contributed by atoms with Crippen LogP contribution in [0, 0.1) is 21.4 Å². The first-order valence-electron chi connectivity index (χ1n) is 9.10. The summed E-state index contributed by atoms with van der Waals surface area (Å²) < 4.78 is 16.4. The van der Waals surface area contributed by atoms with Gasteiger partial charge in [0.05, 0.1) is 16.6 Å². The Morgan fingerprint density at radius 2 is 1.80 bits per heavy atom. The van der Waals surface area contributed by atoms with Crippen LogP contribution in [0.25, 0.3) is 11.6 Å². The van der Waals surface area contributed by atoms with Crippen LogP contribution in [0.3, 0.4) is 0 Å². The summed E-state index contributed by atoms with van der Waals surface area (Å²) in [6.07, 6.45) is 1.79. The molecule has 148 valence electrons. The molecule has 0 N–H and O–H groups in total. The fourth-order valence-corrected chi connectivity index (χ4v) is 2.95. The molecular formula is C23H16N2O5. The van der Waals surface area contributed by atoms with Crippen LogP contribution in [0.4, 0.5) is 5.69 Å². The average molecular weight is 400 g/mol. The first kappa shape index (κ1) is 19.0. The van der Waals surface area contributed by atoms with Crippen LogP contribution in [0.1, 0.15) is 16.7 Å². The van der Waals surface area contributed by atoms with E-state index in [1.807, 2.05) is 30.3 Å². The van der Waals surface area contributed by atoms with Gasteiger partial charge in [-0.2, -0.15) is 5.26 Å². The standard InChI is InChI=1S/C23H16N2O5/c24-13-19(18-5-10-22-23(12-18)30-15-29-22)11-16-3-8-21(9-4-16)28-14-17-1-6-20(7-2-17)25(26)27/h1-12H,14-15H2/b19-11-. The Balaban J connectivity index is 1.43. The average Bonchev–Trinajstić information content (AvgIpc) is 3.25. The highest BCUT2D eigenvalue weighted by atomic mass is 16.7. The second-order valence-corrected chi connectivity index (χ2v) is 6.52. The smallest absolute Gasteiger partial charge is 0.269 e. The number of hydrogen-bond donors (Lipinski definition) is 0. The SMILES string of the molecule is N#C/C(=C/c1ccc(OCc2ccc([N+](=O)[O-])cc2)cc1)c1ccc2c(c1)OCO2. The zero-order valence-corrected chi connectivity index (χ0v) is 15.8. The van der Waals surface area contributed by atoms with Crippen LogP contribution in [-0.2, 0) is 6.61 Å². The normalized spacial score (nSPS) is 12.3. The highest BCUT2D eigenvalue weighted by molar-refractivity contribution is 5.90. The van der Waals surface area contributed by atoms with Gasteiger partial charge in [0, 0.05) is 12.1 Å². The van der Waals surface area contributed by atoms with E-state index in [0.717, 1.165) is 16.7 Å². The number of nitriles is 1. The number of nitro groups is 1. The lowest BCUT2D eigenvalue weighted by Crippen LogP contribution is -1.96. The monoisotopic (exact) mass is 400 g/mol. The fourth-order valence-electron chi connectivity index (χ4n) is 2.95. The summed E-state index contributed by atoms with van der Waals surface area (Å²) in [5, 5.41) is 20.3. The molecule has 3 aromatic carbocycles. The summed E-state index contributed by atoms with van der Waals surface area (Å²) in [5.41, 5.74) is 2.99. The van der Waals surface area contributed by atoms with E-state index in [2.05, 4.69) is 6.07 Å². The number of hydrogen-bond acceptors (Lipinski definition) is 6. The minimum atomic E-state index is -0.435. The molecule has 3 aromatic rings. The van der Waals surface area contributed by atoms with Crippen LogP contribution >= 0.6 is 0 Å². The van der Waals surface area contributed by atoms with Crippen LogP contribution in [0.5, 0.6) is 17.2 Å². The second kappa shape index (κ2) is 8.37. The largest absolute Gasteiger partial charge is 0.489 e. The first-order chi connectivity index (χ1) is 14.6. The van der Waals surface area contributed by atoms with E-state index >= 15 is 0 Å². The van der Waals surface area contributed by atoms with E-state index < -0.39 is 4.92 Å². The van der Waals surface area contributed by atoms with Crippen molar-refractivity contribution in [2.24, 2.45) is 0 Å². The van der Waals surface area contributed by atoms with Crippen LogP contribution in [0.2, 0.25) is 0 Å². The maximum atomic E-state index is 10.7. The van der Waals surface area contributed by atoms with Gasteiger partial charge in [0.2, 0.25) is 6.79 Å². The summed E-state index contributed by atoms with van der Waals surface area (Å²) >= 11 is 0. The molecule has 1 aliphatic heterocycles. The Bertz CT molecular complexity index is 1150. The zero-order chi connectivity index (χ0) is 20.9. The third kappa shape index (κ3) is 4.23. The molecule has 1 heterocycles. The number of fused-ring (bicyclic) bond motifs is 1. The van der Waals surface area contributed by atoms with Crippen molar-refractivity contribution in [3.63, 3.8) is 0 Å². The summed E-state index contributed by atoms with van der Waals surface area (Å²) in [7, 11) is 0. The van der Waals surface area contributed by atoms with E-state index in [9.17, 15) is 15.4 Å². The van der Waals surface area contributed by atoms with Gasteiger partial charge in [-0.3, -0.25) is 10.1 Å². The highest BCUT2D eigenvalue weighted by Crippen LogP contribution is 2.34. The maximum absolute atomic E-state index is 10.7. The topological polar surface area (TPSA) is 94.6 Å². The molecule has 1 aliphatic rings. The molecule has 4 rings (SSSR count). The van der Waals surface area contributed by atoms with Gasteiger partial charge < -0.3 is 14.2 Å². The molecule has 0 amide bonds. The number of benzene rings is 3. The lowest BCUT2D eigenvalue weighted by Gasteiger charge is -2.07. The molecule has 0 atom stereocenters. The van der Waals surface area contributed by atoms with Crippen molar-refractivity contribution in [1.29, 1.82) is 5.26 Å². The van der Waals surface area contributed by atoms with Crippen LogP contribution in [-0.4, -0.2) is 11.7 Å². The Morgan fingerprint density at radius 3 is 2.50 bits per heavy atom. The predicted octanol–water partition coefficient (Wildman–Crippen LogP) is 4.97. The van der Waals surface area contributed by atoms with Crippen molar-refractivity contribution in [1.82, 2.24) is 0 Å². The molecule has 0 saturated carbocycles. The Labute approximate surface area is 172 Å². The number of non-ortho nitro benzene ring substituents is 1. The van der Waals surface area contributed by atoms with Gasteiger partial charge >= 0.3 is 0 Å². The quantitative estimate of drug-likeness (QED) is 0.251. The number of allylic oxidation sites excluding steroid dienone is 1. The molecule has 0 aliphatic carbocycles.